The molecule has 2 aromatic rings. The summed E-state index contributed by atoms with van der Waals surface area (Å²) in [5, 5.41) is 7.42. The standard InChI is InChI=1S/C20H28N4O2S/c1-15-19(16(2)26-23-15)13-27-14-20(25)24(12-17-6-3-4-10-22-17)18-7-5-9-21-11-8-18/h3-4,6,10,18,21H,5,7-9,11-14H2,1-2H3. The Hall–Kier alpha value is -1.86. The van der Waals surface area contributed by atoms with Crippen LogP contribution < -0.4 is 5.32 Å². The summed E-state index contributed by atoms with van der Waals surface area (Å²) in [5.41, 5.74) is 2.95. The van der Waals surface area contributed by atoms with Crippen LogP contribution in [0.25, 0.3) is 0 Å². The summed E-state index contributed by atoms with van der Waals surface area (Å²) in [7, 11) is 0. The predicted molar refractivity (Wildman–Crippen MR) is 107 cm³/mol. The summed E-state index contributed by atoms with van der Waals surface area (Å²) in [6.45, 7) is 6.44. The number of pyridine rings is 1. The first-order valence-corrected chi connectivity index (χ1v) is 10.7. The van der Waals surface area contributed by atoms with Crippen LogP contribution in [0.3, 0.4) is 0 Å². The summed E-state index contributed by atoms with van der Waals surface area (Å²) in [5.74, 6) is 2.23. The van der Waals surface area contributed by atoms with Crippen molar-refractivity contribution < 1.29 is 9.32 Å². The maximum absolute atomic E-state index is 13.1. The summed E-state index contributed by atoms with van der Waals surface area (Å²) in [6, 6.07) is 6.15. The molecule has 6 nitrogen and oxygen atoms in total. The van der Waals surface area contributed by atoms with Gasteiger partial charge in [-0.05, 0) is 58.3 Å². The smallest absolute Gasteiger partial charge is 0.233 e. The second-order valence-corrected chi connectivity index (χ2v) is 7.96. The number of nitrogens with one attached hydrogen (secondary N) is 1. The van der Waals surface area contributed by atoms with Crippen LogP contribution in [0, 0.1) is 13.8 Å². The molecule has 1 amide bonds. The molecular formula is C20H28N4O2S. The molecule has 1 saturated heterocycles. The predicted octanol–water partition coefficient (Wildman–Crippen LogP) is 3.09. The van der Waals surface area contributed by atoms with Crippen molar-refractivity contribution in [1.29, 1.82) is 0 Å². The molecule has 0 spiro atoms. The Balaban J connectivity index is 1.64. The van der Waals surface area contributed by atoms with Crippen LogP contribution in [0.4, 0.5) is 0 Å². The van der Waals surface area contributed by atoms with Crippen LogP contribution in [0.15, 0.2) is 28.9 Å². The molecule has 2 aromatic heterocycles. The van der Waals surface area contributed by atoms with Gasteiger partial charge in [-0.3, -0.25) is 9.78 Å². The van der Waals surface area contributed by atoms with Gasteiger partial charge in [0.05, 0.1) is 23.7 Å². The minimum atomic E-state index is 0.185. The Morgan fingerprint density at radius 2 is 2.22 bits per heavy atom. The number of carbonyl (C=O) groups excluding carboxylic acids is 1. The lowest BCUT2D eigenvalue weighted by Crippen LogP contribution is -2.41. The van der Waals surface area contributed by atoms with E-state index >= 15 is 0 Å². The molecule has 1 N–H and O–H groups in total. The van der Waals surface area contributed by atoms with Gasteiger partial charge in [0.2, 0.25) is 5.91 Å². The molecular weight excluding hydrogens is 360 g/mol. The first-order chi connectivity index (χ1) is 13.1. The highest BCUT2D eigenvalue weighted by Gasteiger charge is 2.25. The lowest BCUT2D eigenvalue weighted by molar-refractivity contribution is -0.131. The van der Waals surface area contributed by atoms with E-state index in [4.69, 9.17) is 4.52 Å². The van der Waals surface area contributed by atoms with Crippen molar-refractivity contribution in [3.63, 3.8) is 0 Å². The van der Waals surface area contributed by atoms with Crippen molar-refractivity contribution in [2.45, 2.75) is 51.4 Å². The normalized spacial score (nSPS) is 17.5. The Labute approximate surface area is 165 Å². The average Bonchev–Trinajstić information content (AvgIpc) is 2.88. The molecule has 27 heavy (non-hydrogen) atoms. The fraction of sp³-hybridized carbons (Fsp3) is 0.550. The zero-order chi connectivity index (χ0) is 19.1. The molecule has 1 unspecified atom stereocenters. The van der Waals surface area contributed by atoms with Crippen LogP contribution in [-0.2, 0) is 17.1 Å². The fourth-order valence-electron chi connectivity index (χ4n) is 3.43. The van der Waals surface area contributed by atoms with Crippen molar-refractivity contribution in [3.8, 4) is 0 Å². The fourth-order valence-corrected chi connectivity index (χ4v) is 4.49. The molecule has 1 atom stereocenters. The molecule has 146 valence electrons. The SMILES string of the molecule is Cc1noc(C)c1CSCC(=O)N(Cc1ccccn1)C1CCCNCC1. The lowest BCUT2D eigenvalue weighted by atomic mass is 10.1. The zero-order valence-electron chi connectivity index (χ0n) is 16.1. The van der Waals surface area contributed by atoms with E-state index in [-0.39, 0.29) is 11.9 Å². The van der Waals surface area contributed by atoms with Crippen molar-refractivity contribution in [2.75, 3.05) is 18.8 Å². The monoisotopic (exact) mass is 388 g/mol. The van der Waals surface area contributed by atoms with Crippen LogP contribution in [-0.4, -0.2) is 45.8 Å². The van der Waals surface area contributed by atoms with Gasteiger partial charge < -0.3 is 14.7 Å². The minimum absolute atomic E-state index is 0.185. The van der Waals surface area contributed by atoms with Crippen molar-refractivity contribution in [3.05, 3.63) is 47.1 Å². The number of aromatic nitrogens is 2. The number of carbonyl (C=O) groups is 1. The van der Waals surface area contributed by atoms with Gasteiger partial charge in [-0.2, -0.15) is 0 Å². The number of nitrogens with zero attached hydrogens (tertiary/aromatic N) is 3. The third-order valence-corrected chi connectivity index (χ3v) is 5.96. The Morgan fingerprint density at radius 1 is 1.33 bits per heavy atom. The number of aryl methyl sites for hydroxylation is 2. The van der Waals surface area contributed by atoms with Crippen molar-refractivity contribution in [1.82, 2.24) is 20.4 Å². The van der Waals surface area contributed by atoms with E-state index in [1.54, 1.807) is 18.0 Å². The molecule has 3 rings (SSSR count). The molecule has 1 aliphatic rings. The largest absolute Gasteiger partial charge is 0.361 e. The van der Waals surface area contributed by atoms with E-state index in [1.165, 1.54) is 0 Å². The molecule has 1 fully saturated rings. The second-order valence-electron chi connectivity index (χ2n) is 6.97. The van der Waals surface area contributed by atoms with Gasteiger partial charge in [0, 0.05) is 23.6 Å². The highest BCUT2D eigenvalue weighted by Crippen LogP contribution is 2.22. The van der Waals surface area contributed by atoms with Crippen LogP contribution in [0.2, 0.25) is 0 Å². The van der Waals surface area contributed by atoms with Crippen molar-refractivity contribution in [2.24, 2.45) is 0 Å². The summed E-state index contributed by atoms with van der Waals surface area (Å²) < 4.78 is 5.21. The number of hydrogen-bond donors (Lipinski definition) is 1. The van der Waals surface area contributed by atoms with Gasteiger partial charge in [-0.25, -0.2) is 0 Å². The molecule has 3 heterocycles. The van der Waals surface area contributed by atoms with Gasteiger partial charge in [0.15, 0.2) is 0 Å². The van der Waals surface area contributed by atoms with Crippen LogP contribution in [0.1, 0.15) is 42.0 Å². The number of thioether (sulfide) groups is 1. The number of amides is 1. The summed E-state index contributed by atoms with van der Waals surface area (Å²) >= 11 is 1.63. The maximum Gasteiger partial charge on any atom is 0.233 e. The van der Waals surface area contributed by atoms with E-state index < -0.39 is 0 Å². The maximum atomic E-state index is 13.1. The number of hydrogen-bond acceptors (Lipinski definition) is 6. The number of rotatable bonds is 7. The molecule has 0 bridgehead atoms. The van der Waals surface area contributed by atoms with Crippen LogP contribution in [0.5, 0.6) is 0 Å². The van der Waals surface area contributed by atoms with E-state index in [2.05, 4.69) is 15.5 Å². The Morgan fingerprint density at radius 3 is 2.96 bits per heavy atom. The molecule has 7 heteroatoms. The molecule has 0 aromatic carbocycles. The van der Waals surface area contributed by atoms with Gasteiger partial charge in [-0.1, -0.05) is 11.2 Å². The van der Waals surface area contributed by atoms with E-state index in [9.17, 15) is 4.79 Å². The molecule has 0 radical (unpaired) electrons. The van der Waals surface area contributed by atoms with E-state index in [1.807, 2.05) is 36.9 Å². The third kappa shape index (κ3) is 5.56. The van der Waals surface area contributed by atoms with Gasteiger partial charge >= 0.3 is 0 Å². The van der Waals surface area contributed by atoms with Crippen molar-refractivity contribution >= 4 is 17.7 Å². The first-order valence-electron chi connectivity index (χ1n) is 9.54. The minimum Gasteiger partial charge on any atom is -0.361 e. The average molecular weight is 389 g/mol. The highest BCUT2D eigenvalue weighted by molar-refractivity contribution is 7.99. The summed E-state index contributed by atoms with van der Waals surface area (Å²) in [6.07, 6.45) is 4.93. The quantitative estimate of drug-likeness (QED) is 0.786. The third-order valence-electron chi connectivity index (χ3n) is 5.02. The topological polar surface area (TPSA) is 71.3 Å². The van der Waals surface area contributed by atoms with Gasteiger partial charge in [0.1, 0.15) is 5.76 Å². The van der Waals surface area contributed by atoms with E-state index in [0.29, 0.717) is 12.3 Å². The molecule has 1 aliphatic heterocycles. The molecule has 0 aliphatic carbocycles. The Kier molecular flexibility index (Phi) is 7.29. The lowest BCUT2D eigenvalue weighted by Gasteiger charge is -2.31. The molecule has 0 saturated carbocycles. The van der Waals surface area contributed by atoms with E-state index in [0.717, 1.165) is 60.8 Å². The van der Waals surface area contributed by atoms with Gasteiger partial charge in [-0.15, -0.1) is 11.8 Å². The Bertz CT molecular complexity index is 707. The first kappa shape index (κ1) is 19.9. The second kappa shape index (κ2) is 9.90. The summed E-state index contributed by atoms with van der Waals surface area (Å²) in [4.78, 5) is 19.5. The van der Waals surface area contributed by atoms with Gasteiger partial charge in [0.25, 0.3) is 0 Å². The van der Waals surface area contributed by atoms with Crippen LogP contribution >= 0.6 is 11.8 Å². The highest BCUT2D eigenvalue weighted by atomic mass is 32.2. The zero-order valence-corrected chi connectivity index (χ0v) is 16.9.